The number of hydrogen-bond acceptors (Lipinski definition) is 5. The zero-order valence-corrected chi connectivity index (χ0v) is 16.3. The maximum Gasteiger partial charge on any atom is 0.411 e. The van der Waals surface area contributed by atoms with Crippen molar-refractivity contribution in [2.45, 2.75) is 32.1 Å². The number of nitrogens with one attached hydrogen (secondary N) is 1. The van der Waals surface area contributed by atoms with Gasteiger partial charge >= 0.3 is 12.2 Å². The average Bonchev–Trinajstić information content (AvgIpc) is 3.29. The molecular weight excluding hydrogens is 378 g/mol. The second-order valence-corrected chi connectivity index (χ2v) is 8.31. The molecule has 7 nitrogen and oxygen atoms in total. The van der Waals surface area contributed by atoms with Crippen molar-refractivity contribution in [1.29, 1.82) is 0 Å². The number of amides is 2. The molecule has 8 heteroatoms. The van der Waals surface area contributed by atoms with E-state index in [-0.39, 0.29) is 5.92 Å². The molecule has 1 aromatic carbocycles. The van der Waals surface area contributed by atoms with E-state index in [1.54, 1.807) is 11.3 Å². The number of benzene rings is 1. The molecule has 0 radical (unpaired) electrons. The lowest BCUT2D eigenvalue weighted by Gasteiger charge is -2.29. The van der Waals surface area contributed by atoms with Gasteiger partial charge < -0.3 is 14.7 Å². The molecular formula is C20H23N3O4S. The quantitative estimate of drug-likeness (QED) is 0.800. The highest BCUT2D eigenvalue weighted by Crippen LogP contribution is 2.36. The molecule has 0 unspecified atom stereocenters. The van der Waals surface area contributed by atoms with Crippen LogP contribution in [0.5, 0.6) is 0 Å². The second-order valence-electron chi connectivity index (χ2n) is 7.22. The molecule has 1 aromatic heterocycles. The van der Waals surface area contributed by atoms with Crippen molar-refractivity contribution in [3.8, 4) is 10.6 Å². The summed E-state index contributed by atoms with van der Waals surface area (Å²) in [7, 11) is 0. The fourth-order valence-corrected chi connectivity index (χ4v) is 4.90. The molecule has 2 aromatic rings. The van der Waals surface area contributed by atoms with Crippen LogP contribution in [0, 0.1) is 5.92 Å². The van der Waals surface area contributed by atoms with E-state index in [9.17, 15) is 9.59 Å². The number of aryl methyl sites for hydroxylation is 2. The first kappa shape index (κ1) is 18.7. The van der Waals surface area contributed by atoms with Crippen molar-refractivity contribution in [2.24, 2.45) is 5.92 Å². The van der Waals surface area contributed by atoms with Crippen LogP contribution in [0.4, 0.5) is 15.3 Å². The first-order chi connectivity index (χ1) is 13.6. The minimum Gasteiger partial charge on any atom is -0.465 e. The number of likely N-dealkylation sites (tertiary alicyclic amines) is 1. The highest BCUT2D eigenvalue weighted by Gasteiger charge is 2.24. The number of hydrogen-bond donors (Lipinski definition) is 2. The van der Waals surface area contributed by atoms with Crippen LogP contribution >= 0.6 is 11.3 Å². The van der Waals surface area contributed by atoms with Crippen LogP contribution in [0.2, 0.25) is 0 Å². The van der Waals surface area contributed by atoms with E-state index < -0.39 is 12.2 Å². The van der Waals surface area contributed by atoms with Gasteiger partial charge in [0.25, 0.3) is 0 Å². The van der Waals surface area contributed by atoms with E-state index in [1.165, 1.54) is 21.9 Å². The average molecular weight is 401 g/mol. The number of ether oxygens (including phenoxy) is 1. The van der Waals surface area contributed by atoms with Crippen LogP contribution in [-0.4, -0.2) is 46.9 Å². The third-order valence-corrected chi connectivity index (χ3v) is 6.52. The minimum atomic E-state index is -0.887. The summed E-state index contributed by atoms with van der Waals surface area (Å²) >= 11 is 1.70. The second kappa shape index (κ2) is 8.18. The normalized spacial score (nSPS) is 16.6. The Morgan fingerprint density at radius 3 is 2.79 bits per heavy atom. The Hall–Kier alpha value is -2.61. The van der Waals surface area contributed by atoms with Crippen LogP contribution in [-0.2, 0) is 17.6 Å². The van der Waals surface area contributed by atoms with Crippen LogP contribution < -0.4 is 5.32 Å². The van der Waals surface area contributed by atoms with Gasteiger partial charge in [-0.05, 0) is 50.2 Å². The Balaban J connectivity index is 1.34. The molecule has 1 saturated heterocycles. The number of rotatable bonds is 4. The number of para-hydroxylation sites is 1. The largest absolute Gasteiger partial charge is 0.465 e. The van der Waals surface area contributed by atoms with Crippen molar-refractivity contribution in [2.75, 3.05) is 25.0 Å². The van der Waals surface area contributed by atoms with Gasteiger partial charge in [-0.1, -0.05) is 12.1 Å². The number of carboxylic acid groups (broad SMARTS) is 1. The molecule has 1 fully saturated rings. The van der Waals surface area contributed by atoms with Gasteiger partial charge in [0.05, 0.1) is 18.0 Å². The highest BCUT2D eigenvalue weighted by molar-refractivity contribution is 7.15. The van der Waals surface area contributed by atoms with Crippen molar-refractivity contribution in [3.63, 3.8) is 0 Å². The Labute approximate surface area is 167 Å². The molecule has 1 aliphatic heterocycles. The van der Waals surface area contributed by atoms with Gasteiger partial charge in [-0.3, -0.25) is 5.32 Å². The first-order valence-electron chi connectivity index (χ1n) is 9.60. The number of aromatic nitrogens is 1. The summed E-state index contributed by atoms with van der Waals surface area (Å²) in [5, 5.41) is 12.8. The van der Waals surface area contributed by atoms with Crippen molar-refractivity contribution in [3.05, 3.63) is 34.8 Å². The monoisotopic (exact) mass is 401 g/mol. The lowest BCUT2D eigenvalue weighted by molar-refractivity contribution is 0.0948. The van der Waals surface area contributed by atoms with Gasteiger partial charge in [0.15, 0.2) is 0 Å². The molecule has 0 saturated carbocycles. The highest BCUT2D eigenvalue weighted by atomic mass is 32.1. The molecule has 0 atom stereocenters. The minimum absolute atomic E-state index is 0.193. The zero-order valence-electron chi connectivity index (χ0n) is 15.5. The molecule has 2 heterocycles. The molecule has 28 heavy (non-hydrogen) atoms. The molecule has 0 bridgehead atoms. The van der Waals surface area contributed by atoms with Crippen molar-refractivity contribution < 1.29 is 19.4 Å². The van der Waals surface area contributed by atoms with Crippen molar-refractivity contribution in [1.82, 2.24) is 9.88 Å². The molecule has 2 amide bonds. The Morgan fingerprint density at radius 1 is 1.25 bits per heavy atom. The number of carbonyl (C=O) groups excluding carboxylic acids is 1. The summed E-state index contributed by atoms with van der Waals surface area (Å²) in [5.74, 6) is 0.193. The number of fused-ring (bicyclic) bond motifs is 1. The van der Waals surface area contributed by atoms with Gasteiger partial charge in [-0.2, -0.15) is 0 Å². The van der Waals surface area contributed by atoms with E-state index in [0.717, 1.165) is 23.4 Å². The summed E-state index contributed by atoms with van der Waals surface area (Å²) in [4.78, 5) is 30.7. The smallest absolute Gasteiger partial charge is 0.411 e. The van der Waals surface area contributed by atoms with Gasteiger partial charge in [0, 0.05) is 23.5 Å². The lowest BCUT2D eigenvalue weighted by Crippen LogP contribution is -2.38. The summed E-state index contributed by atoms with van der Waals surface area (Å²) < 4.78 is 5.40. The predicted molar refractivity (Wildman–Crippen MR) is 107 cm³/mol. The summed E-state index contributed by atoms with van der Waals surface area (Å²) in [6.45, 7) is 1.28. The van der Waals surface area contributed by atoms with Gasteiger partial charge in [-0.15, -0.1) is 11.3 Å². The van der Waals surface area contributed by atoms with Crippen LogP contribution in [0.3, 0.4) is 0 Å². The SMILES string of the molecule is O=C(Nc1ccccc1-c1nc2c(s1)CCC2)OCC1CCN(C(=O)O)CC1. The van der Waals surface area contributed by atoms with Gasteiger partial charge in [0.2, 0.25) is 0 Å². The lowest BCUT2D eigenvalue weighted by atomic mass is 9.98. The molecule has 4 rings (SSSR count). The van der Waals surface area contributed by atoms with E-state index in [2.05, 4.69) is 5.32 Å². The van der Waals surface area contributed by atoms with Crippen LogP contribution in [0.25, 0.3) is 10.6 Å². The molecule has 2 N–H and O–H groups in total. The summed E-state index contributed by atoms with van der Waals surface area (Å²) in [6, 6.07) is 7.64. The Bertz CT molecular complexity index is 853. The molecule has 148 valence electrons. The third kappa shape index (κ3) is 4.11. The number of thiazole rings is 1. The van der Waals surface area contributed by atoms with Crippen LogP contribution in [0.1, 0.15) is 29.8 Å². The van der Waals surface area contributed by atoms with Crippen LogP contribution in [0.15, 0.2) is 24.3 Å². The van der Waals surface area contributed by atoms with E-state index in [1.807, 2.05) is 24.3 Å². The van der Waals surface area contributed by atoms with E-state index in [0.29, 0.717) is 38.2 Å². The molecule has 0 spiro atoms. The maximum absolute atomic E-state index is 12.3. The maximum atomic E-state index is 12.3. The fraction of sp³-hybridized carbons (Fsp3) is 0.450. The topological polar surface area (TPSA) is 91.8 Å². The zero-order chi connectivity index (χ0) is 19.5. The third-order valence-electron chi connectivity index (χ3n) is 5.33. The Morgan fingerprint density at radius 2 is 2.04 bits per heavy atom. The van der Waals surface area contributed by atoms with E-state index in [4.69, 9.17) is 14.8 Å². The summed E-state index contributed by atoms with van der Waals surface area (Å²) in [5.41, 5.74) is 2.79. The van der Waals surface area contributed by atoms with Gasteiger partial charge in [0.1, 0.15) is 5.01 Å². The van der Waals surface area contributed by atoms with Gasteiger partial charge in [-0.25, -0.2) is 14.6 Å². The van der Waals surface area contributed by atoms with Crippen molar-refractivity contribution >= 4 is 29.2 Å². The fourth-order valence-electron chi connectivity index (χ4n) is 3.71. The first-order valence-corrected chi connectivity index (χ1v) is 10.4. The van der Waals surface area contributed by atoms with E-state index >= 15 is 0 Å². The molecule has 1 aliphatic carbocycles. The number of piperidine rings is 1. The molecule has 2 aliphatic rings. The Kier molecular flexibility index (Phi) is 5.47. The number of anilines is 1. The number of carbonyl (C=O) groups is 2. The standard InChI is InChI=1S/C20H23N3O4S/c24-19(27-12-13-8-10-23(11-9-13)20(25)26)22-15-5-2-1-4-14(15)18-21-16-6-3-7-17(16)28-18/h1-2,4-5,13H,3,6-12H2,(H,22,24)(H,25,26). The predicted octanol–water partition coefficient (Wildman–Crippen LogP) is 4.24. The summed E-state index contributed by atoms with van der Waals surface area (Å²) in [6.07, 6.45) is 3.34. The number of nitrogens with zero attached hydrogens (tertiary/aromatic N) is 2.